The molecule has 0 radical (unpaired) electrons. The molecule has 0 saturated carbocycles. The van der Waals surface area contributed by atoms with Gasteiger partial charge in [0.1, 0.15) is 5.82 Å². The third kappa shape index (κ3) is 3.62. The van der Waals surface area contributed by atoms with Crippen LogP contribution in [0.4, 0.5) is 0 Å². The first-order valence-electron chi connectivity index (χ1n) is 7.72. The Labute approximate surface area is 132 Å². The van der Waals surface area contributed by atoms with Gasteiger partial charge >= 0.3 is 0 Å². The first kappa shape index (κ1) is 16.8. The lowest BCUT2D eigenvalue weighted by Gasteiger charge is -2.26. The van der Waals surface area contributed by atoms with E-state index in [-0.39, 0.29) is 11.8 Å². The molecule has 1 aromatic heterocycles. The number of carbonyl (C=O) groups excluding carboxylic acids is 1. The number of β-amino-alcohol motifs (C(OH)–C–C–N with tert-alkyl or cyclic N) is 1. The maximum absolute atomic E-state index is 12.6. The molecule has 0 spiro atoms. The SMILES string of the molecule is Cc1nc(C(C)C)ncc1C(=O)N1CCC(O)(CN(C)C)C1. The van der Waals surface area contributed by atoms with Crippen LogP contribution in [0.5, 0.6) is 0 Å². The highest BCUT2D eigenvalue weighted by molar-refractivity contribution is 5.95. The van der Waals surface area contributed by atoms with Gasteiger partial charge in [-0.2, -0.15) is 0 Å². The lowest BCUT2D eigenvalue weighted by Crippen LogP contribution is -2.43. The molecule has 1 aromatic rings. The summed E-state index contributed by atoms with van der Waals surface area (Å²) < 4.78 is 0. The van der Waals surface area contributed by atoms with E-state index in [9.17, 15) is 9.90 Å². The first-order chi connectivity index (χ1) is 10.2. The van der Waals surface area contributed by atoms with Gasteiger partial charge in [-0.15, -0.1) is 0 Å². The van der Waals surface area contributed by atoms with Crippen LogP contribution in [-0.4, -0.2) is 70.1 Å². The first-order valence-corrected chi connectivity index (χ1v) is 7.72. The Balaban J connectivity index is 2.13. The summed E-state index contributed by atoms with van der Waals surface area (Å²) >= 11 is 0. The summed E-state index contributed by atoms with van der Waals surface area (Å²) in [5.41, 5.74) is 0.400. The maximum atomic E-state index is 12.6. The summed E-state index contributed by atoms with van der Waals surface area (Å²) in [4.78, 5) is 25.0. The van der Waals surface area contributed by atoms with Gasteiger partial charge in [0.25, 0.3) is 5.91 Å². The van der Waals surface area contributed by atoms with E-state index in [2.05, 4.69) is 9.97 Å². The van der Waals surface area contributed by atoms with Crippen molar-refractivity contribution in [3.8, 4) is 0 Å². The molecule has 1 aliphatic rings. The minimum absolute atomic E-state index is 0.0949. The van der Waals surface area contributed by atoms with Crippen LogP contribution in [0.25, 0.3) is 0 Å². The van der Waals surface area contributed by atoms with Crippen molar-refractivity contribution in [3.63, 3.8) is 0 Å². The largest absolute Gasteiger partial charge is 0.387 e. The second kappa shape index (κ2) is 6.30. The average molecular weight is 306 g/mol. The number of aryl methyl sites for hydroxylation is 1. The molecule has 0 aromatic carbocycles. The van der Waals surface area contributed by atoms with E-state index in [0.29, 0.717) is 37.3 Å². The number of nitrogens with zero attached hydrogens (tertiary/aromatic N) is 4. The zero-order valence-electron chi connectivity index (χ0n) is 14.1. The summed E-state index contributed by atoms with van der Waals surface area (Å²) in [7, 11) is 3.84. The third-order valence-corrected chi connectivity index (χ3v) is 3.97. The number of hydrogen-bond donors (Lipinski definition) is 1. The molecule has 1 amide bonds. The third-order valence-electron chi connectivity index (χ3n) is 3.97. The average Bonchev–Trinajstić information content (AvgIpc) is 2.79. The number of amides is 1. The van der Waals surface area contributed by atoms with E-state index >= 15 is 0 Å². The van der Waals surface area contributed by atoms with Crippen LogP contribution in [0.3, 0.4) is 0 Å². The number of aliphatic hydroxyl groups is 1. The fourth-order valence-corrected chi connectivity index (χ4v) is 2.89. The normalized spacial score (nSPS) is 21.9. The van der Waals surface area contributed by atoms with Gasteiger partial charge < -0.3 is 14.9 Å². The monoisotopic (exact) mass is 306 g/mol. The van der Waals surface area contributed by atoms with E-state index in [0.717, 1.165) is 5.82 Å². The van der Waals surface area contributed by atoms with E-state index in [1.807, 2.05) is 39.8 Å². The van der Waals surface area contributed by atoms with Crippen LogP contribution in [0.2, 0.25) is 0 Å². The molecular formula is C16H26N4O2. The van der Waals surface area contributed by atoms with Gasteiger partial charge in [0.2, 0.25) is 0 Å². The van der Waals surface area contributed by atoms with Gasteiger partial charge in [-0.05, 0) is 27.4 Å². The molecule has 6 nitrogen and oxygen atoms in total. The highest BCUT2D eigenvalue weighted by atomic mass is 16.3. The van der Waals surface area contributed by atoms with E-state index in [1.54, 1.807) is 11.1 Å². The van der Waals surface area contributed by atoms with Crippen molar-refractivity contribution in [1.82, 2.24) is 19.8 Å². The number of rotatable bonds is 4. The van der Waals surface area contributed by atoms with Crippen LogP contribution in [0.15, 0.2) is 6.20 Å². The second-order valence-electron chi connectivity index (χ2n) is 6.82. The molecule has 2 heterocycles. The number of carbonyl (C=O) groups is 1. The van der Waals surface area contributed by atoms with Crippen LogP contribution >= 0.6 is 0 Å². The van der Waals surface area contributed by atoms with Crippen molar-refractivity contribution in [2.75, 3.05) is 33.7 Å². The minimum Gasteiger partial charge on any atom is -0.387 e. The number of likely N-dealkylation sites (N-methyl/N-ethyl adjacent to an activating group) is 1. The summed E-state index contributed by atoms with van der Waals surface area (Å²) in [6.07, 6.45) is 2.21. The summed E-state index contributed by atoms with van der Waals surface area (Å²) in [5.74, 6) is 0.891. The summed E-state index contributed by atoms with van der Waals surface area (Å²) in [6.45, 7) is 7.36. The van der Waals surface area contributed by atoms with Crippen LogP contribution in [0.1, 0.15) is 48.1 Å². The number of likely N-dealkylation sites (tertiary alicyclic amines) is 1. The molecule has 1 fully saturated rings. The van der Waals surface area contributed by atoms with Gasteiger partial charge in [-0.1, -0.05) is 13.8 Å². The molecule has 1 unspecified atom stereocenters. The molecular weight excluding hydrogens is 280 g/mol. The van der Waals surface area contributed by atoms with Gasteiger partial charge in [-0.3, -0.25) is 4.79 Å². The molecule has 1 N–H and O–H groups in total. The van der Waals surface area contributed by atoms with Crippen molar-refractivity contribution in [3.05, 3.63) is 23.3 Å². The molecule has 0 aliphatic carbocycles. The van der Waals surface area contributed by atoms with Gasteiger partial charge in [-0.25, -0.2) is 9.97 Å². The van der Waals surface area contributed by atoms with Crippen molar-refractivity contribution in [2.24, 2.45) is 0 Å². The van der Waals surface area contributed by atoms with Crippen molar-refractivity contribution in [2.45, 2.75) is 38.7 Å². The lowest BCUT2D eigenvalue weighted by atomic mass is 10.0. The van der Waals surface area contributed by atoms with Crippen molar-refractivity contribution < 1.29 is 9.90 Å². The van der Waals surface area contributed by atoms with E-state index in [4.69, 9.17) is 0 Å². The van der Waals surface area contributed by atoms with Crippen molar-refractivity contribution in [1.29, 1.82) is 0 Å². The topological polar surface area (TPSA) is 69.6 Å². The van der Waals surface area contributed by atoms with Crippen LogP contribution in [-0.2, 0) is 0 Å². The van der Waals surface area contributed by atoms with Crippen molar-refractivity contribution >= 4 is 5.91 Å². The highest BCUT2D eigenvalue weighted by Gasteiger charge is 2.39. The zero-order valence-corrected chi connectivity index (χ0v) is 14.1. The number of hydrogen-bond acceptors (Lipinski definition) is 5. The van der Waals surface area contributed by atoms with Gasteiger partial charge in [0.15, 0.2) is 0 Å². The Morgan fingerprint density at radius 1 is 1.50 bits per heavy atom. The smallest absolute Gasteiger partial charge is 0.257 e. The van der Waals surface area contributed by atoms with E-state index in [1.165, 1.54) is 0 Å². The molecule has 1 saturated heterocycles. The van der Waals surface area contributed by atoms with Crippen LogP contribution < -0.4 is 0 Å². The Hall–Kier alpha value is -1.53. The second-order valence-corrected chi connectivity index (χ2v) is 6.82. The fraction of sp³-hybridized carbons (Fsp3) is 0.688. The highest BCUT2D eigenvalue weighted by Crippen LogP contribution is 2.24. The summed E-state index contributed by atoms with van der Waals surface area (Å²) in [6, 6.07) is 0. The maximum Gasteiger partial charge on any atom is 0.257 e. The van der Waals surface area contributed by atoms with Gasteiger partial charge in [0, 0.05) is 25.2 Å². The lowest BCUT2D eigenvalue weighted by molar-refractivity contribution is 0.0236. The molecule has 122 valence electrons. The standard InChI is InChI=1S/C16H26N4O2/c1-11(2)14-17-8-13(12(3)18-14)15(21)20-7-6-16(22,10-20)9-19(4)5/h8,11,22H,6-7,9-10H2,1-5H3. The Bertz CT molecular complexity index is 559. The molecule has 0 bridgehead atoms. The molecule has 2 rings (SSSR count). The molecule has 1 aliphatic heterocycles. The quantitative estimate of drug-likeness (QED) is 0.900. The summed E-state index contributed by atoms with van der Waals surface area (Å²) in [5, 5.41) is 10.5. The minimum atomic E-state index is -0.828. The Morgan fingerprint density at radius 2 is 2.18 bits per heavy atom. The zero-order chi connectivity index (χ0) is 16.5. The molecule has 1 atom stereocenters. The Kier molecular flexibility index (Phi) is 4.82. The van der Waals surface area contributed by atoms with E-state index < -0.39 is 5.60 Å². The van der Waals surface area contributed by atoms with Crippen LogP contribution in [0, 0.1) is 6.92 Å². The molecule has 22 heavy (non-hydrogen) atoms. The predicted molar refractivity (Wildman–Crippen MR) is 84.9 cm³/mol. The number of aromatic nitrogens is 2. The Morgan fingerprint density at radius 3 is 2.73 bits per heavy atom. The van der Waals surface area contributed by atoms with Gasteiger partial charge in [0.05, 0.1) is 23.4 Å². The fourth-order valence-electron chi connectivity index (χ4n) is 2.89. The molecule has 6 heteroatoms. The predicted octanol–water partition coefficient (Wildman–Crippen LogP) is 1.05.